The zero-order valence-electron chi connectivity index (χ0n) is 9.69. The molecule has 0 saturated carbocycles. The van der Waals surface area contributed by atoms with Crippen molar-refractivity contribution < 1.29 is 0 Å². The fraction of sp³-hybridized carbons (Fsp3) is 1.00. The van der Waals surface area contributed by atoms with E-state index in [4.69, 9.17) is 5.73 Å². The van der Waals surface area contributed by atoms with Crippen LogP contribution in [-0.4, -0.2) is 18.1 Å². The van der Waals surface area contributed by atoms with Crippen LogP contribution in [0, 0.1) is 0 Å². The van der Waals surface area contributed by atoms with E-state index in [2.05, 4.69) is 33.0 Å². The summed E-state index contributed by atoms with van der Waals surface area (Å²) in [4.78, 5) is 0. The molecule has 80 valence electrons. The van der Waals surface area contributed by atoms with Crippen LogP contribution in [0.25, 0.3) is 0 Å². The van der Waals surface area contributed by atoms with Gasteiger partial charge in [0.05, 0.1) is 0 Å². The van der Waals surface area contributed by atoms with Gasteiger partial charge in [-0.15, -0.1) is 0 Å². The first-order valence-corrected chi connectivity index (χ1v) is 5.60. The van der Waals surface area contributed by atoms with Gasteiger partial charge in [-0.05, 0) is 39.2 Å². The van der Waals surface area contributed by atoms with Gasteiger partial charge in [-0.2, -0.15) is 0 Å². The molecule has 0 amide bonds. The van der Waals surface area contributed by atoms with E-state index in [1.165, 1.54) is 19.3 Å². The number of nitrogens with two attached hydrogens (primary N) is 1. The van der Waals surface area contributed by atoms with Gasteiger partial charge in [0.25, 0.3) is 0 Å². The minimum Gasteiger partial charge on any atom is -0.328 e. The van der Waals surface area contributed by atoms with Crippen molar-refractivity contribution in [3.05, 3.63) is 0 Å². The molecule has 3 N–H and O–H groups in total. The van der Waals surface area contributed by atoms with Gasteiger partial charge in [-0.3, -0.25) is 0 Å². The molecule has 0 rings (SSSR count). The fourth-order valence-corrected chi connectivity index (χ4v) is 1.69. The van der Waals surface area contributed by atoms with E-state index in [-0.39, 0.29) is 0 Å². The molecule has 0 radical (unpaired) electrons. The van der Waals surface area contributed by atoms with Gasteiger partial charge in [0.15, 0.2) is 0 Å². The highest BCUT2D eigenvalue weighted by atomic mass is 15.0. The van der Waals surface area contributed by atoms with Gasteiger partial charge in [0.2, 0.25) is 0 Å². The van der Waals surface area contributed by atoms with E-state index >= 15 is 0 Å². The second-order valence-corrected chi connectivity index (χ2v) is 4.03. The smallest absolute Gasteiger partial charge is 0.0173 e. The molecule has 0 fully saturated rings. The van der Waals surface area contributed by atoms with Crippen molar-refractivity contribution in [2.45, 2.75) is 65.0 Å². The summed E-state index contributed by atoms with van der Waals surface area (Å²) in [6.45, 7) is 9.88. The van der Waals surface area contributed by atoms with Crippen LogP contribution in [0.2, 0.25) is 0 Å². The van der Waals surface area contributed by atoms with Crippen LogP contribution in [0.4, 0.5) is 0 Å². The molecule has 0 spiro atoms. The van der Waals surface area contributed by atoms with Crippen LogP contribution in [0.15, 0.2) is 0 Å². The van der Waals surface area contributed by atoms with E-state index in [1.54, 1.807) is 0 Å². The maximum absolute atomic E-state index is 5.71. The van der Waals surface area contributed by atoms with Gasteiger partial charge >= 0.3 is 0 Å². The number of rotatable bonds is 7. The predicted octanol–water partition coefficient (Wildman–Crippen LogP) is 2.28. The summed E-state index contributed by atoms with van der Waals surface area (Å²) in [6, 6.07) is 0.316. The number of nitrogens with one attached hydrogen (secondary N) is 1. The van der Waals surface area contributed by atoms with Crippen LogP contribution in [-0.2, 0) is 0 Å². The SMILES string of the molecule is CCC(CC)(CC)NCCC(C)N. The lowest BCUT2D eigenvalue weighted by molar-refractivity contribution is 0.287. The van der Waals surface area contributed by atoms with Crippen molar-refractivity contribution >= 4 is 0 Å². The Balaban J connectivity index is 3.81. The first-order valence-electron chi connectivity index (χ1n) is 5.60. The summed E-state index contributed by atoms with van der Waals surface area (Å²) in [5.74, 6) is 0. The Hall–Kier alpha value is -0.0800. The molecule has 2 heteroatoms. The van der Waals surface area contributed by atoms with Crippen molar-refractivity contribution in [2.24, 2.45) is 5.73 Å². The van der Waals surface area contributed by atoms with Crippen LogP contribution < -0.4 is 11.1 Å². The molecule has 0 bridgehead atoms. The standard InChI is InChI=1S/C11H26N2/c1-5-11(6-2,7-3)13-9-8-10(4)12/h10,13H,5-9,12H2,1-4H3. The third kappa shape index (κ3) is 4.63. The monoisotopic (exact) mass is 186 g/mol. The van der Waals surface area contributed by atoms with E-state index in [9.17, 15) is 0 Å². The molecule has 0 heterocycles. The summed E-state index contributed by atoms with van der Waals surface area (Å²) in [7, 11) is 0. The zero-order valence-corrected chi connectivity index (χ0v) is 9.69. The second kappa shape index (κ2) is 6.39. The largest absolute Gasteiger partial charge is 0.328 e. The molecule has 0 aliphatic rings. The molecular formula is C11H26N2. The normalized spacial score (nSPS) is 14.5. The third-order valence-corrected chi connectivity index (χ3v) is 3.13. The Kier molecular flexibility index (Phi) is 6.35. The van der Waals surface area contributed by atoms with Crippen LogP contribution >= 0.6 is 0 Å². The molecule has 13 heavy (non-hydrogen) atoms. The molecule has 0 saturated heterocycles. The van der Waals surface area contributed by atoms with Crippen molar-refractivity contribution in [1.29, 1.82) is 0 Å². The highest BCUT2D eigenvalue weighted by molar-refractivity contribution is 4.83. The average molecular weight is 186 g/mol. The Morgan fingerprint density at radius 3 is 1.92 bits per heavy atom. The van der Waals surface area contributed by atoms with Crippen molar-refractivity contribution in [3.63, 3.8) is 0 Å². The van der Waals surface area contributed by atoms with E-state index in [1.807, 2.05) is 0 Å². The summed E-state index contributed by atoms with van der Waals surface area (Å²) < 4.78 is 0. The lowest BCUT2D eigenvalue weighted by atomic mass is 9.89. The molecule has 0 aromatic heterocycles. The summed E-state index contributed by atoms with van der Waals surface area (Å²) in [6.07, 6.45) is 4.69. The first-order chi connectivity index (χ1) is 6.10. The molecule has 1 unspecified atom stereocenters. The summed E-state index contributed by atoms with van der Waals surface area (Å²) in [5, 5.41) is 3.63. The third-order valence-electron chi connectivity index (χ3n) is 3.13. The minimum absolute atomic E-state index is 0.316. The van der Waals surface area contributed by atoms with Crippen molar-refractivity contribution in [3.8, 4) is 0 Å². The lowest BCUT2D eigenvalue weighted by Gasteiger charge is -2.32. The first kappa shape index (κ1) is 12.9. The fourth-order valence-electron chi connectivity index (χ4n) is 1.69. The van der Waals surface area contributed by atoms with Gasteiger partial charge < -0.3 is 11.1 Å². The van der Waals surface area contributed by atoms with Gasteiger partial charge in [-0.1, -0.05) is 20.8 Å². The molecule has 0 aromatic carbocycles. The van der Waals surface area contributed by atoms with Gasteiger partial charge in [0.1, 0.15) is 0 Å². The molecular weight excluding hydrogens is 160 g/mol. The average Bonchev–Trinajstić information content (AvgIpc) is 2.13. The minimum atomic E-state index is 0.316. The highest BCUT2D eigenvalue weighted by Crippen LogP contribution is 2.18. The Morgan fingerprint density at radius 1 is 1.15 bits per heavy atom. The highest BCUT2D eigenvalue weighted by Gasteiger charge is 2.22. The van der Waals surface area contributed by atoms with Crippen molar-refractivity contribution in [2.75, 3.05) is 6.54 Å². The van der Waals surface area contributed by atoms with Crippen molar-refractivity contribution in [1.82, 2.24) is 5.32 Å². The molecule has 0 aliphatic carbocycles. The van der Waals surface area contributed by atoms with E-state index in [0.717, 1.165) is 13.0 Å². The number of hydrogen-bond acceptors (Lipinski definition) is 2. The molecule has 2 nitrogen and oxygen atoms in total. The zero-order chi connectivity index (χ0) is 10.3. The predicted molar refractivity (Wildman–Crippen MR) is 59.9 cm³/mol. The summed E-state index contributed by atoms with van der Waals surface area (Å²) in [5.41, 5.74) is 6.06. The lowest BCUT2D eigenvalue weighted by Crippen LogP contribution is -2.45. The van der Waals surface area contributed by atoms with E-state index in [0.29, 0.717) is 11.6 Å². The Labute approximate surface area is 83.3 Å². The molecule has 1 atom stereocenters. The van der Waals surface area contributed by atoms with Crippen LogP contribution in [0.3, 0.4) is 0 Å². The Morgan fingerprint density at radius 2 is 1.62 bits per heavy atom. The molecule has 0 aliphatic heterocycles. The molecule has 0 aromatic rings. The maximum atomic E-state index is 5.71. The quantitative estimate of drug-likeness (QED) is 0.640. The Bertz CT molecular complexity index is 109. The van der Waals surface area contributed by atoms with E-state index < -0.39 is 0 Å². The van der Waals surface area contributed by atoms with Crippen LogP contribution in [0.5, 0.6) is 0 Å². The second-order valence-electron chi connectivity index (χ2n) is 4.03. The van der Waals surface area contributed by atoms with Crippen LogP contribution in [0.1, 0.15) is 53.4 Å². The topological polar surface area (TPSA) is 38.0 Å². The number of hydrogen-bond donors (Lipinski definition) is 2. The van der Waals surface area contributed by atoms with Gasteiger partial charge in [0, 0.05) is 11.6 Å². The van der Waals surface area contributed by atoms with Gasteiger partial charge in [-0.25, -0.2) is 0 Å². The maximum Gasteiger partial charge on any atom is 0.0173 e. The summed E-state index contributed by atoms with van der Waals surface area (Å²) >= 11 is 0.